The van der Waals surface area contributed by atoms with Crippen LogP contribution < -0.4 is 19.8 Å². The van der Waals surface area contributed by atoms with Crippen LogP contribution in [0.5, 0.6) is 0 Å². The lowest BCUT2D eigenvalue weighted by atomic mass is 9.89. The van der Waals surface area contributed by atoms with E-state index in [4.69, 9.17) is 5.10 Å². The Morgan fingerprint density at radius 3 is 2.20 bits per heavy atom. The smallest absolute Gasteiger partial charge is 0.234 e. The molecular weight excluding hydrogens is 775 g/mol. The largest absolute Gasteiger partial charge is 0.371 e. The van der Waals surface area contributed by atoms with Gasteiger partial charge in [0.25, 0.3) is 0 Å². The molecule has 3 saturated heterocycles. The topological polar surface area (TPSA) is 133 Å². The summed E-state index contributed by atoms with van der Waals surface area (Å²) in [6, 6.07) is 21.6. The zero-order valence-electron chi connectivity index (χ0n) is 33.0. The molecule has 3 aliphatic heterocycles. The molecule has 1 atom stereocenters. The molecule has 3 fully saturated rings. The van der Waals surface area contributed by atoms with E-state index in [1.165, 1.54) is 12.1 Å². The standard InChI is InChI=1S/C44H48F2N8O4S/c1-2-26-59(57,58)50-40-5-3-4-36(42(40)46)38-29-54(49-43(38)31-14-18-47-19-15-31)33-8-6-32(7-9-33)53-24-22-51(23-25-53)28-30-16-20-52(21-17-30)34-10-11-35(39(45)27-34)37-12-13-41(55)48-44(37)56/h3-11,14-15,18-19,27,29-30,37,50H,2,12-13,16-17,20-26,28H2,1H3,(H,48,55,56)/t37-/m1/s1. The van der Waals surface area contributed by atoms with E-state index in [-0.39, 0.29) is 29.3 Å². The number of benzene rings is 3. The van der Waals surface area contributed by atoms with E-state index in [0.717, 1.165) is 81.3 Å². The number of piperidine rings is 2. The highest BCUT2D eigenvalue weighted by atomic mass is 32.2. The number of imide groups is 1. The number of sulfonamides is 1. The van der Waals surface area contributed by atoms with E-state index in [9.17, 15) is 18.0 Å². The Labute approximate surface area is 343 Å². The van der Waals surface area contributed by atoms with Gasteiger partial charge in [0.05, 0.1) is 23.0 Å². The van der Waals surface area contributed by atoms with Gasteiger partial charge in [-0.3, -0.25) is 29.5 Å². The summed E-state index contributed by atoms with van der Waals surface area (Å²) < 4.78 is 60.3. The number of nitrogens with one attached hydrogen (secondary N) is 2. The maximum atomic E-state index is 16.0. The second-order valence-corrected chi connectivity index (χ2v) is 17.4. The first kappa shape index (κ1) is 40.1. The fourth-order valence-corrected chi connectivity index (χ4v) is 9.59. The number of piperazine rings is 1. The maximum absolute atomic E-state index is 16.0. The van der Waals surface area contributed by atoms with Crippen LogP contribution in [0.15, 0.2) is 91.4 Å². The van der Waals surface area contributed by atoms with Gasteiger partial charge >= 0.3 is 0 Å². The normalized spacial score (nSPS) is 18.3. The zero-order chi connectivity index (χ0) is 41.1. The number of nitrogens with zero attached hydrogens (tertiary/aromatic N) is 6. The Morgan fingerprint density at radius 1 is 0.814 bits per heavy atom. The van der Waals surface area contributed by atoms with Gasteiger partial charge in [-0.1, -0.05) is 25.1 Å². The molecule has 0 spiro atoms. The molecule has 15 heteroatoms. The highest BCUT2D eigenvalue weighted by Crippen LogP contribution is 2.37. The number of rotatable bonds is 12. The first-order valence-electron chi connectivity index (χ1n) is 20.3. The van der Waals surface area contributed by atoms with Gasteiger partial charge in [-0.2, -0.15) is 5.10 Å². The van der Waals surface area contributed by atoms with Crippen molar-refractivity contribution in [3.8, 4) is 28.1 Å². The minimum absolute atomic E-state index is 0.107. The summed E-state index contributed by atoms with van der Waals surface area (Å²) in [5, 5.41) is 7.20. The van der Waals surface area contributed by atoms with E-state index in [0.29, 0.717) is 35.6 Å². The van der Waals surface area contributed by atoms with Gasteiger partial charge < -0.3 is 9.80 Å². The number of hydrogen-bond donors (Lipinski definition) is 2. The number of aromatic nitrogens is 3. The Hall–Kier alpha value is -5.67. The average molecular weight is 823 g/mol. The molecule has 5 heterocycles. The molecule has 0 bridgehead atoms. The van der Waals surface area contributed by atoms with Gasteiger partial charge in [0.2, 0.25) is 21.8 Å². The summed E-state index contributed by atoms with van der Waals surface area (Å²) in [6.45, 7) is 8.16. The Kier molecular flexibility index (Phi) is 11.8. The van der Waals surface area contributed by atoms with E-state index >= 15 is 8.78 Å². The lowest BCUT2D eigenvalue weighted by Crippen LogP contribution is -2.49. The first-order chi connectivity index (χ1) is 28.5. The molecule has 2 N–H and O–H groups in total. The Balaban J connectivity index is 0.877. The van der Waals surface area contributed by atoms with Crippen molar-refractivity contribution in [3.63, 3.8) is 0 Å². The van der Waals surface area contributed by atoms with Crippen molar-refractivity contribution in [1.29, 1.82) is 0 Å². The second-order valence-electron chi connectivity index (χ2n) is 15.6. The number of amides is 2. The van der Waals surface area contributed by atoms with Crippen LogP contribution in [0, 0.1) is 17.6 Å². The van der Waals surface area contributed by atoms with Crippen molar-refractivity contribution >= 4 is 38.9 Å². The predicted molar refractivity (Wildman–Crippen MR) is 225 cm³/mol. The monoisotopic (exact) mass is 822 g/mol. The third kappa shape index (κ3) is 9.00. The minimum atomic E-state index is -3.70. The lowest BCUT2D eigenvalue weighted by Gasteiger charge is -2.40. The van der Waals surface area contributed by atoms with E-state index in [2.05, 4.69) is 41.9 Å². The number of carbonyl (C=O) groups is 2. The number of pyridine rings is 1. The molecule has 0 unspecified atom stereocenters. The van der Waals surface area contributed by atoms with Gasteiger partial charge in [0.1, 0.15) is 11.5 Å². The summed E-state index contributed by atoms with van der Waals surface area (Å²) in [5.74, 6) is -1.99. The molecule has 0 radical (unpaired) electrons. The van der Waals surface area contributed by atoms with Crippen LogP contribution in [0.4, 0.5) is 25.8 Å². The summed E-state index contributed by atoms with van der Waals surface area (Å²) >= 11 is 0. The van der Waals surface area contributed by atoms with Crippen molar-refractivity contribution in [3.05, 3.63) is 109 Å². The van der Waals surface area contributed by atoms with Crippen LogP contribution in [-0.4, -0.2) is 91.5 Å². The Morgan fingerprint density at radius 2 is 1.51 bits per heavy atom. The molecule has 2 amide bonds. The predicted octanol–water partition coefficient (Wildman–Crippen LogP) is 6.59. The van der Waals surface area contributed by atoms with E-state index in [1.54, 1.807) is 48.4 Å². The molecule has 308 valence electrons. The van der Waals surface area contributed by atoms with Gasteiger partial charge in [-0.15, -0.1) is 0 Å². The molecule has 0 aliphatic carbocycles. The quantitative estimate of drug-likeness (QED) is 0.134. The van der Waals surface area contributed by atoms with Crippen LogP contribution in [0.25, 0.3) is 28.1 Å². The highest BCUT2D eigenvalue weighted by Gasteiger charge is 2.31. The first-order valence-corrected chi connectivity index (χ1v) is 22.0. The molecule has 2 aromatic heterocycles. The van der Waals surface area contributed by atoms with Crippen molar-refractivity contribution < 1.29 is 26.8 Å². The summed E-state index contributed by atoms with van der Waals surface area (Å²) in [6.07, 6.45) is 8.07. The van der Waals surface area contributed by atoms with Crippen molar-refractivity contribution in [2.45, 2.75) is 44.9 Å². The third-order valence-electron chi connectivity index (χ3n) is 11.6. The molecule has 5 aromatic rings. The SMILES string of the molecule is CCCS(=O)(=O)Nc1cccc(-c2cn(-c3ccc(N4CCN(CC5CCN(c6ccc([C@H]7CCC(=O)NC7=O)c(F)c6)CC5)CC4)cc3)nc2-c2ccncc2)c1F. The van der Waals surface area contributed by atoms with Gasteiger partial charge in [-0.05, 0) is 86.2 Å². The molecule has 59 heavy (non-hydrogen) atoms. The van der Waals surface area contributed by atoms with Gasteiger partial charge in [-0.25, -0.2) is 21.9 Å². The zero-order valence-corrected chi connectivity index (χ0v) is 33.8. The fraction of sp³-hybridized carbons (Fsp3) is 0.364. The van der Waals surface area contributed by atoms with Gasteiger partial charge in [0, 0.05) is 104 Å². The molecule has 3 aromatic carbocycles. The van der Waals surface area contributed by atoms with Crippen LogP contribution >= 0.6 is 0 Å². The third-order valence-corrected chi connectivity index (χ3v) is 13.1. The average Bonchev–Trinajstić information content (AvgIpc) is 3.68. The molecule has 8 rings (SSSR count). The van der Waals surface area contributed by atoms with Crippen LogP contribution in [0.1, 0.15) is 50.5 Å². The number of halogens is 2. The maximum Gasteiger partial charge on any atom is 0.234 e. The molecule has 0 saturated carbocycles. The fourth-order valence-electron chi connectivity index (χ4n) is 8.46. The second kappa shape index (κ2) is 17.3. The van der Waals surface area contributed by atoms with Gasteiger partial charge in [0.15, 0.2) is 5.82 Å². The van der Waals surface area contributed by atoms with Crippen LogP contribution in [0.3, 0.4) is 0 Å². The van der Waals surface area contributed by atoms with E-state index < -0.39 is 33.5 Å². The van der Waals surface area contributed by atoms with Crippen LogP contribution in [0.2, 0.25) is 0 Å². The lowest BCUT2D eigenvalue weighted by molar-refractivity contribution is -0.134. The molecule has 12 nitrogen and oxygen atoms in total. The summed E-state index contributed by atoms with van der Waals surface area (Å²) in [7, 11) is -3.70. The Bertz CT molecular complexity index is 2410. The van der Waals surface area contributed by atoms with Crippen molar-refractivity contribution in [2.75, 3.05) is 66.1 Å². The highest BCUT2D eigenvalue weighted by molar-refractivity contribution is 7.92. The number of hydrogen-bond acceptors (Lipinski definition) is 9. The molecule has 3 aliphatic rings. The van der Waals surface area contributed by atoms with Crippen molar-refractivity contribution in [1.82, 2.24) is 25.0 Å². The van der Waals surface area contributed by atoms with E-state index in [1.807, 2.05) is 30.3 Å². The minimum Gasteiger partial charge on any atom is -0.371 e. The van der Waals surface area contributed by atoms with Crippen LogP contribution in [-0.2, 0) is 19.6 Å². The summed E-state index contributed by atoms with van der Waals surface area (Å²) in [5.41, 5.74) is 5.02. The molecular formula is C44H48F2N8O4S. The number of anilines is 3. The number of carbonyl (C=O) groups excluding carboxylic acids is 2. The summed E-state index contributed by atoms with van der Waals surface area (Å²) in [4.78, 5) is 35.1. The van der Waals surface area contributed by atoms with Crippen molar-refractivity contribution in [2.24, 2.45) is 5.92 Å².